The molecule has 3 rings (SSSR count). The molecule has 1 aliphatic heterocycles. The summed E-state index contributed by atoms with van der Waals surface area (Å²) >= 11 is 1.37. The largest absolute Gasteiger partial charge is 0.347 e. The quantitative estimate of drug-likeness (QED) is 0.650. The van der Waals surface area contributed by atoms with Gasteiger partial charge in [0.1, 0.15) is 5.69 Å². The molecule has 0 aliphatic carbocycles. The minimum absolute atomic E-state index is 0.00694. The van der Waals surface area contributed by atoms with Crippen LogP contribution in [0.15, 0.2) is 24.4 Å². The van der Waals surface area contributed by atoms with Gasteiger partial charge in [0, 0.05) is 31.2 Å². The fraction of sp³-hybridized carbons (Fsp3) is 0.286. The lowest BCUT2D eigenvalue weighted by Crippen LogP contribution is -2.36. The number of nitrogens with zero attached hydrogens (tertiary/aromatic N) is 2. The Balaban J connectivity index is 1.81. The van der Waals surface area contributed by atoms with E-state index in [2.05, 4.69) is 0 Å². The molecule has 1 aliphatic rings. The zero-order valence-corrected chi connectivity index (χ0v) is 12.3. The van der Waals surface area contributed by atoms with Crippen LogP contribution in [0.2, 0.25) is 0 Å². The van der Waals surface area contributed by atoms with Crippen LogP contribution in [0.25, 0.3) is 0 Å². The molecule has 2 N–H and O–H groups in total. The highest BCUT2D eigenvalue weighted by molar-refractivity contribution is 7.14. The summed E-state index contributed by atoms with van der Waals surface area (Å²) in [5, 5.41) is 8.68. The zero-order valence-electron chi connectivity index (χ0n) is 11.5. The number of hydroxylamine groups is 1. The summed E-state index contributed by atoms with van der Waals surface area (Å²) in [6, 6.07) is 5.39. The van der Waals surface area contributed by atoms with E-state index in [0.29, 0.717) is 23.7 Å². The molecule has 0 radical (unpaired) electrons. The van der Waals surface area contributed by atoms with Crippen LogP contribution in [-0.2, 0) is 20.0 Å². The summed E-state index contributed by atoms with van der Waals surface area (Å²) < 4.78 is 1.80. The van der Waals surface area contributed by atoms with Gasteiger partial charge in [-0.2, -0.15) is 0 Å². The SMILES string of the molecule is Cn1cccc1C(=O)N1CCc2sc(C(=O)NO)cc2C1. The summed E-state index contributed by atoms with van der Waals surface area (Å²) in [7, 11) is 1.84. The lowest BCUT2D eigenvalue weighted by molar-refractivity contribution is 0.0710. The molecular formula is C14H15N3O3S. The first-order valence-electron chi connectivity index (χ1n) is 6.56. The van der Waals surface area contributed by atoms with Crippen LogP contribution in [0.1, 0.15) is 30.6 Å². The topological polar surface area (TPSA) is 74.6 Å². The molecule has 0 aromatic carbocycles. The van der Waals surface area contributed by atoms with E-state index in [-0.39, 0.29) is 5.91 Å². The van der Waals surface area contributed by atoms with Crippen molar-refractivity contribution < 1.29 is 14.8 Å². The standard InChI is InChI=1S/C14H15N3O3S/c1-16-5-2-3-10(16)14(19)17-6-4-11-9(8-17)7-12(21-11)13(18)15-20/h2-3,5,7,20H,4,6,8H2,1H3,(H,15,18). The van der Waals surface area contributed by atoms with Gasteiger partial charge in [-0.1, -0.05) is 0 Å². The molecule has 2 aromatic heterocycles. The van der Waals surface area contributed by atoms with Gasteiger partial charge in [0.25, 0.3) is 11.8 Å². The van der Waals surface area contributed by atoms with Crippen LogP contribution in [0.3, 0.4) is 0 Å². The van der Waals surface area contributed by atoms with Gasteiger partial charge in [-0.05, 0) is 30.2 Å². The van der Waals surface area contributed by atoms with Crippen molar-refractivity contribution in [3.8, 4) is 0 Å². The number of amides is 2. The number of aryl methyl sites for hydroxylation is 1. The number of rotatable bonds is 2. The first-order chi connectivity index (χ1) is 10.1. The van der Waals surface area contributed by atoms with E-state index in [1.165, 1.54) is 11.3 Å². The predicted molar refractivity (Wildman–Crippen MR) is 77.4 cm³/mol. The van der Waals surface area contributed by atoms with Gasteiger partial charge in [-0.3, -0.25) is 14.8 Å². The molecule has 6 nitrogen and oxygen atoms in total. The molecule has 0 bridgehead atoms. The molecule has 110 valence electrons. The highest BCUT2D eigenvalue weighted by Gasteiger charge is 2.25. The molecule has 0 saturated carbocycles. The number of aromatic nitrogens is 1. The van der Waals surface area contributed by atoms with Crippen molar-refractivity contribution in [2.45, 2.75) is 13.0 Å². The highest BCUT2D eigenvalue weighted by Crippen LogP contribution is 2.28. The Kier molecular flexibility index (Phi) is 3.52. The fourth-order valence-electron chi connectivity index (χ4n) is 2.52. The Morgan fingerprint density at radius 2 is 2.24 bits per heavy atom. The van der Waals surface area contributed by atoms with E-state index >= 15 is 0 Å². The maximum absolute atomic E-state index is 12.5. The number of fused-ring (bicyclic) bond motifs is 1. The number of thiophene rings is 1. The van der Waals surface area contributed by atoms with E-state index < -0.39 is 5.91 Å². The maximum Gasteiger partial charge on any atom is 0.284 e. The Morgan fingerprint density at radius 3 is 2.90 bits per heavy atom. The molecular weight excluding hydrogens is 290 g/mol. The summed E-state index contributed by atoms with van der Waals surface area (Å²) in [4.78, 5) is 27.3. The Labute approximate surface area is 125 Å². The second-order valence-corrected chi connectivity index (χ2v) is 6.12. The van der Waals surface area contributed by atoms with E-state index in [4.69, 9.17) is 5.21 Å². The predicted octanol–water partition coefficient (Wildman–Crippen LogP) is 1.40. The van der Waals surface area contributed by atoms with Crippen molar-refractivity contribution in [1.82, 2.24) is 14.9 Å². The minimum Gasteiger partial charge on any atom is -0.347 e. The van der Waals surface area contributed by atoms with Crippen molar-refractivity contribution in [2.75, 3.05) is 6.54 Å². The Bertz CT molecular complexity index is 704. The summed E-state index contributed by atoms with van der Waals surface area (Å²) in [5.41, 5.74) is 3.28. The maximum atomic E-state index is 12.5. The first kappa shape index (κ1) is 13.8. The molecule has 2 amide bonds. The van der Waals surface area contributed by atoms with Crippen molar-refractivity contribution in [1.29, 1.82) is 0 Å². The van der Waals surface area contributed by atoms with Gasteiger partial charge in [0.15, 0.2) is 0 Å². The number of carbonyl (C=O) groups excluding carboxylic acids is 2. The Hall–Kier alpha value is -2.12. The molecule has 0 atom stereocenters. The molecule has 21 heavy (non-hydrogen) atoms. The van der Waals surface area contributed by atoms with Crippen LogP contribution >= 0.6 is 11.3 Å². The van der Waals surface area contributed by atoms with Crippen LogP contribution in [0.4, 0.5) is 0 Å². The lowest BCUT2D eigenvalue weighted by atomic mass is 10.1. The van der Waals surface area contributed by atoms with Crippen LogP contribution in [0, 0.1) is 0 Å². The summed E-state index contributed by atoms with van der Waals surface area (Å²) in [6.07, 6.45) is 2.58. The van der Waals surface area contributed by atoms with Crippen molar-refractivity contribution in [3.63, 3.8) is 0 Å². The van der Waals surface area contributed by atoms with Gasteiger partial charge in [0.2, 0.25) is 0 Å². The lowest BCUT2D eigenvalue weighted by Gasteiger charge is -2.27. The van der Waals surface area contributed by atoms with Gasteiger partial charge < -0.3 is 9.47 Å². The molecule has 0 saturated heterocycles. The van der Waals surface area contributed by atoms with Crippen LogP contribution in [0.5, 0.6) is 0 Å². The van der Waals surface area contributed by atoms with E-state index in [9.17, 15) is 9.59 Å². The van der Waals surface area contributed by atoms with Crippen LogP contribution in [-0.4, -0.2) is 33.0 Å². The van der Waals surface area contributed by atoms with Crippen molar-refractivity contribution in [2.24, 2.45) is 7.05 Å². The second-order valence-electron chi connectivity index (χ2n) is 4.98. The third kappa shape index (κ3) is 2.45. The van der Waals surface area contributed by atoms with Crippen molar-refractivity contribution >= 4 is 23.2 Å². The molecule has 2 aromatic rings. The van der Waals surface area contributed by atoms with Gasteiger partial charge in [-0.15, -0.1) is 11.3 Å². The molecule has 0 unspecified atom stereocenters. The fourth-order valence-corrected chi connectivity index (χ4v) is 3.57. The number of hydrogen-bond donors (Lipinski definition) is 2. The zero-order chi connectivity index (χ0) is 15.0. The average Bonchev–Trinajstić information content (AvgIpc) is 3.10. The number of nitrogens with one attached hydrogen (secondary N) is 1. The van der Waals surface area contributed by atoms with Crippen LogP contribution < -0.4 is 5.48 Å². The summed E-state index contributed by atoms with van der Waals surface area (Å²) in [5.74, 6) is -0.512. The molecule has 3 heterocycles. The van der Waals surface area contributed by atoms with Crippen molar-refractivity contribution in [3.05, 3.63) is 45.4 Å². The van der Waals surface area contributed by atoms with Gasteiger partial charge in [0.05, 0.1) is 4.88 Å². The highest BCUT2D eigenvalue weighted by atomic mass is 32.1. The molecule has 0 spiro atoms. The monoisotopic (exact) mass is 305 g/mol. The molecule has 0 fully saturated rings. The van der Waals surface area contributed by atoms with E-state index in [0.717, 1.165) is 16.9 Å². The smallest absolute Gasteiger partial charge is 0.284 e. The minimum atomic E-state index is -0.505. The molecule has 7 heteroatoms. The van der Waals surface area contributed by atoms with E-state index in [1.54, 1.807) is 27.1 Å². The van der Waals surface area contributed by atoms with Gasteiger partial charge >= 0.3 is 0 Å². The second kappa shape index (κ2) is 5.34. The number of hydrogen-bond acceptors (Lipinski definition) is 4. The Morgan fingerprint density at radius 1 is 1.43 bits per heavy atom. The normalized spacial score (nSPS) is 13.9. The number of carbonyl (C=O) groups is 2. The third-order valence-corrected chi connectivity index (χ3v) is 4.88. The average molecular weight is 305 g/mol. The summed E-state index contributed by atoms with van der Waals surface area (Å²) in [6.45, 7) is 1.13. The van der Waals surface area contributed by atoms with E-state index in [1.807, 2.05) is 19.3 Å². The first-order valence-corrected chi connectivity index (χ1v) is 7.38. The third-order valence-electron chi connectivity index (χ3n) is 3.64. The van der Waals surface area contributed by atoms with Gasteiger partial charge in [-0.25, -0.2) is 5.48 Å².